The lowest BCUT2D eigenvalue weighted by Gasteiger charge is -2.42. The lowest BCUT2D eigenvalue weighted by Crippen LogP contribution is -2.58. The van der Waals surface area contributed by atoms with E-state index in [2.05, 4.69) is 9.97 Å². The number of amides is 1. The summed E-state index contributed by atoms with van der Waals surface area (Å²) >= 11 is 6.08. The van der Waals surface area contributed by atoms with Crippen LogP contribution in [0.1, 0.15) is 38.7 Å². The molecule has 1 saturated carbocycles. The number of nitrogens with zero attached hydrogens (tertiary/aromatic N) is 3. The number of aromatic nitrogens is 2. The summed E-state index contributed by atoms with van der Waals surface area (Å²) in [4.78, 5) is 22.7. The van der Waals surface area contributed by atoms with Crippen LogP contribution in [0.25, 0.3) is 10.8 Å². The number of carbonyl (C=O) groups excluding carboxylic acids is 1. The van der Waals surface area contributed by atoms with E-state index in [0.29, 0.717) is 24.1 Å². The minimum atomic E-state index is -0.559. The van der Waals surface area contributed by atoms with E-state index in [1.54, 1.807) is 18.5 Å². The minimum Gasteiger partial charge on any atom is -0.470 e. The quantitative estimate of drug-likeness (QED) is 0.832. The molecule has 1 amide bonds. The van der Waals surface area contributed by atoms with E-state index in [0.717, 1.165) is 29.2 Å². The highest BCUT2D eigenvalue weighted by atomic mass is 35.5. The van der Waals surface area contributed by atoms with Crippen molar-refractivity contribution in [3.63, 3.8) is 0 Å². The van der Waals surface area contributed by atoms with E-state index in [-0.39, 0.29) is 17.9 Å². The standard InChI is InChI=1S/C19H23ClN4O2/c1-19(2,21)15-8-23-17(14-7-22-16(20)6-13(14)15)26-12-9-24(10-12)18(25)11-4-3-5-11/h6-8,11-12H,3-5,9-10,21H2,1-2H3. The zero-order chi connectivity index (χ0) is 18.5. The number of fused-ring (bicyclic) bond motifs is 1. The second-order valence-corrected chi connectivity index (χ2v) is 8.25. The molecule has 26 heavy (non-hydrogen) atoms. The summed E-state index contributed by atoms with van der Waals surface area (Å²) < 4.78 is 6.05. The van der Waals surface area contributed by atoms with Gasteiger partial charge in [-0.05, 0) is 43.7 Å². The average Bonchev–Trinajstić information content (AvgIpc) is 2.46. The molecule has 0 atom stereocenters. The van der Waals surface area contributed by atoms with Crippen LogP contribution in [0.3, 0.4) is 0 Å². The van der Waals surface area contributed by atoms with Crippen LogP contribution in [-0.2, 0) is 10.3 Å². The molecule has 0 radical (unpaired) electrons. The molecule has 2 aromatic rings. The fourth-order valence-electron chi connectivity index (χ4n) is 3.46. The first-order chi connectivity index (χ1) is 12.3. The van der Waals surface area contributed by atoms with Gasteiger partial charge in [-0.15, -0.1) is 0 Å². The average molecular weight is 375 g/mol. The maximum Gasteiger partial charge on any atom is 0.225 e. The molecule has 0 bridgehead atoms. The summed E-state index contributed by atoms with van der Waals surface area (Å²) in [5, 5.41) is 2.08. The summed E-state index contributed by atoms with van der Waals surface area (Å²) in [7, 11) is 0. The Bertz CT molecular complexity index is 854. The Morgan fingerprint density at radius 1 is 1.27 bits per heavy atom. The predicted octanol–water partition coefficient (Wildman–Crippen LogP) is 2.87. The third-order valence-corrected chi connectivity index (χ3v) is 5.50. The Hall–Kier alpha value is -1.92. The molecular formula is C19H23ClN4O2. The molecule has 1 saturated heterocycles. The third-order valence-electron chi connectivity index (χ3n) is 5.29. The van der Waals surface area contributed by atoms with Crippen LogP contribution >= 0.6 is 11.6 Å². The second kappa shape index (κ2) is 6.35. The first-order valence-corrected chi connectivity index (χ1v) is 9.40. The molecule has 4 rings (SSSR count). The van der Waals surface area contributed by atoms with Gasteiger partial charge in [-0.1, -0.05) is 18.0 Å². The summed E-state index contributed by atoms with van der Waals surface area (Å²) in [6, 6.07) is 1.79. The van der Waals surface area contributed by atoms with Crippen LogP contribution in [0.15, 0.2) is 18.5 Å². The summed E-state index contributed by atoms with van der Waals surface area (Å²) in [6.07, 6.45) is 6.59. The molecule has 1 aliphatic heterocycles. The highest BCUT2D eigenvalue weighted by Crippen LogP contribution is 2.34. The molecule has 7 heteroatoms. The van der Waals surface area contributed by atoms with Crippen LogP contribution in [-0.4, -0.2) is 40.0 Å². The predicted molar refractivity (Wildman–Crippen MR) is 100 cm³/mol. The van der Waals surface area contributed by atoms with Crippen LogP contribution in [0, 0.1) is 5.92 Å². The first-order valence-electron chi connectivity index (χ1n) is 9.02. The topological polar surface area (TPSA) is 81.3 Å². The Morgan fingerprint density at radius 2 is 2.00 bits per heavy atom. The van der Waals surface area contributed by atoms with Crippen LogP contribution in [0.5, 0.6) is 5.88 Å². The number of ether oxygens (including phenoxy) is 1. The van der Waals surface area contributed by atoms with Gasteiger partial charge in [-0.3, -0.25) is 4.79 Å². The molecule has 138 valence electrons. The van der Waals surface area contributed by atoms with Crippen LogP contribution in [0.4, 0.5) is 0 Å². The van der Waals surface area contributed by atoms with Crippen molar-refractivity contribution in [1.29, 1.82) is 0 Å². The van der Waals surface area contributed by atoms with E-state index in [4.69, 9.17) is 22.1 Å². The summed E-state index contributed by atoms with van der Waals surface area (Å²) in [5.41, 5.74) is 6.60. The van der Waals surface area contributed by atoms with Gasteiger partial charge in [0.25, 0.3) is 0 Å². The number of halogens is 1. The van der Waals surface area contributed by atoms with E-state index in [9.17, 15) is 4.79 Å². The van der Waals surface area contributed by atoms with Gasteiger partial charge in [0.05, 0.1) is 18.5 Å². The number of nitrogens with two attached hydrogens (primary N) is 1. The number of hydrogen-bond donors (Lipinski definition) is 1. The van der Waals surface area contributed by atoms with Crippen molar-refractivity contribution < 1.29 is 9.53 Å². The highest BCUT2D eigenvalue weighted by molar-refractivity contribution is 6.30. The van der Waals surface area contributed by atoms with Gasteiger partial charge in [-0.25, -0.2) is 9.97 Å². The van der Waals surface area contributed by atoms with Crippen LogP contribution < -0.4 is 10.5 Å². The van der Waals surface area contributed by atoms with Crippen molar-refractivity contribution >= 4 is 28.3 Å². The molecule has 2 fully saturated rings. The molecule has 2 aliphatic rings. The second-order valence-electron chi connectivity index (χ2n) is 7.86. The lowest BCUT2D eigenvalue weighted by molar-refractivity contribution is -0.147. The third kappa shape index (κ3) is 3.12. The monoisotopic (exact) mass is 374 g/mol. The lowest BCUT2D eigenvalue weighted by atomic mass is 9.83. The molecule has 6 nitrogen and oxygen atoms in total. The normalized spacial score (nSPS) is 18.5. The Labute approximate surface area is 157 Å². The molecule has 2 N–H and O–H groups in total. The van der Waals surface area contributed by atoms with Gasteiger partial charge in [0.15, 0.2) is 0 Å². The number of pyridine rings is 2. The number of carbonyl (C=O) groups is 1. The minimum absolute atomic E-state index is 0.0397. The van der Waals surface area contributed by atoms with E-state index in [1.165, 1.54) is 6.42 Å². The van der Waals surface area contributed by atoms with Crippen molar-refractivity contribution in [3.05, 3.63) is 29.2 Å². The fraction of sp³-hybridized carbons (Fsp3) is 0.526. The maximum atomic E-state index is 12.2. The smallest absolute Gasteiger partial charge is 0.225 e. The molecular weight excluding hydrogens is 352 g/mol. The van der Waals surface area contributed by atoms with Crippen molar-refractivity contribution in [3.8, 4) is 5.88 Å². The number of hydrogen-bond acceptors (Lipinski definition) is 5. The first kappa shape index (κ1) is 17.5. The fourth-order valence-corrected chi connectivity index (χ4v) is 3.61. The van der Waals surface area contributed by atoms with Crippen molar-refractivity contribution in [1.82, 2.24) is 14.9 Å². The number of likely N-dealkylation sites (tertiary alicyclic amines) is 1. The van der Waals surface area contributed by atoms with Crippen molar-refractivity contribution in [2.24, 2.45) is 11.7 Å². The molecule has 0 spiro atoms. The molecule has 2 aromatic heterocycles. The van der Waals surface area contributed by atoms with Crippen molar-refractivity contribution in [2.45, 2.75) is 44.8 Å². The molecule has 3 heterocycles. The molecule has 1 aliphatic carbocycles. The maximum absolute atomic E-state index is 12.2. The molecule has 0 aromatic carbocycles. The van der Waals surface area contributed by atoms with Crippen LogP contribution in [0.2, 0.25) is 5.15 Å². The van der Waals surface area contributed by atoms with Crippen molar-refractivity contribution in [2.75, 3.05) is 13.1 Å². The summed E-state index contributed by atoms with van der Waals surface area (Å²) in [5.74, 6) is 1.01. The summed E-state index contributed by atoms with van der Waals surface area (Å²) in [6.45, 7) is 5.08. The SMILES string of the molecule is CC(C)(N)c1cnc(OC2CN(C(=O)C3CCC3)C2)c2cnc(Cl)cc12. The van der Waals surface area contributed by atoms with Gasteiger partial charge >= 0.3 is 0 Å². The zero-order valence-corrected chi connectivity index (χ0v) is 15.8. The Kier molecular flexibility index (Phi) is 4.28. The zero-order valence-electron chi connectivity index (χ0n) is 15.0. The van der Waals surface area contributed by atoms with Gasteiger partial charge in [0.2, 0.25) is 11.8 Å². The van der Waals surface area contributed by atoms with E-state index >= 15 is 0 Å². The van der Waals surface area contributed by atoms with Gasteiger partial charge in [0, 0.05) is 23.9 Å². The Balaban J connectivity index is 1.54. The molecule has 0 unspecified atom stereocenters. The van der Waals surface area contributed by atoms with E-state index < -0.39 is 5.54 Å². The highest BCUT2D eigenvalue weighted by Gasteiger charge is 2.38. The van der Waals surface area contributed by atoms with Gasteiger partial charge in [-0.2, -0.15) is 0 Å². The Morgan fingerprint density at radius 3 is 2.62 bits per heavy atom. The van der Waals surface area contributed by atoms with Gasteiger partial charge in [0.1, 0.15) is 11.3 Å². The number of rotatable bonds is 4. The van der Waals surface area contributed by atoms with E-state index in [1.807, 2.05) is 18.7 Å². The largest absolute Gasteiger partial charge is 0.470 e. The van der Waals surface area contributed by atoms with Gasteiger partial charge < -0.3 is 15.4 Å².